The highest BCUT2D eigenvalue weighted by atomic mass is 31.2. The third kappa shape index (κ3) is 74.4. The van der Waals surface area contributed by atoms with E-state index in [0.717, 1.165) is 115 Å². The monoisotopic (exact) mass is 1490 g/mol. The number of allylic oxidation sites excluding steroid dienone is 4. The third-order valence-corrected chi connectivity index (χ3v) is 21.1. The average molecular weight is 1490 g/mol. The van der Waals surface area contributed by atoms with Gasteiger partial charge in [0.2, 0.25) is 0 Å². The van der Waals surface area contributed by atoms with Crippen LogP contribution in [0.15, 0.2) is 24.3 Å². The highest BCUT2D eigenvalue weighted by Gasteiger charge is 2.30. The molecule has 0 radical (unpaired) electrons. The minimum Gasteiger partial charge on any atom is -0.462 e. The maximum absolute atomic E-state index is 13.1. The van der Waals surface area contributed by atoms with Crippen LogP contribution in [-0.4, -0.2) is 96.7 Å². The normalized spacial score (nSPS) is 14.3. The van der Waals surface area contributed by atoms with E-state index in [9.17, 15) is 43.2 Å². The van der Waals surface area contributed by atoms with Crippen molar-refractivity contribution in [3.63, 3.8) is 0 Å². The van der Waals surface area contributed by atoms with Gasteiger partial charge in [0.15, 0.2) is 12.2 Å². The molecule has 0 aromatic carbocycles. The Morgan fingerprint density at radius 2 is 0.578 bits per heavy atom. The van der Waals surface area contributed by atoms with E-state index in [-0.39, 0.29) is 25.7 Å². The Bertz CT molecular complexity index is 2060. The van der Waals surface area contributed by atoms with E-state index >= 15 is 0 Å². The Labute approximate surface area is 624 Å². The van der Waals surface area contributed by atoms with Crippen molar-refractivity contribution in [2.45, 2.75) is 432 Å². The van der Waals surface area contributed by atoms with Crippen LogP contribution in [0.5, 0.6) is 0 Å². The first-order valence-electron chi connectivity index (χ1n) is 42.3. The van der Waals surface area contributed by atoms with Gasteiger partial charge in [-0.05, 0) is 63.2 Å². The quantitative estimate of drug-likeness (QED) is 0.0169. The average Bonchev–Trinajstić information content (AvgIpc) is 2.28. The van der Waals surface area contributed by atoms with Crippen LogP contribution in [0.3, 0.4) is 0 Å². The van der Waals surface area contributed by atoms with E-state index in [1.807, 2.05) is 0 Å². The van der Waals surface area contributed by atoms with Gasteiger partial charge in [-0.3, -0.25) is 37.3 Å². The van der Waals surface area contributed by atoms with Crippen LogP contribution >= 0.6 is 15.6 Å². The maximum atomic E-state index is 13.1. The van der Waals surface area contributed by atoms with Crippen LogP contribution < -0.4 is 0 Å². The highest BCUT2D eigenvalue weighted by Crippen LogP contribution is 2.45. The number of rotatable bonds is 80. The van der Waals surface area contributed by atoms with Gasteiger partial charge in [-0.1, -0.05) is 361 Å². The van der Waals surface area contributed by atoms with Gasteiger partial charge in [-0.15, -0.1) is 0 Å². The molecule has 19 heteroatoms. The molecule has 17 nitrogen and oxygen atoms in total. The molecule has 0 aliphatic heterocycles. The van der Waals surface area contributed by atoms with Gasteiger partial charge in [0.25, 0.3) is 0 Å². The Morgan fingerprint density at radius 1 is 0.324 bits per heavy atom. The molecule has 0 saturated heterocycles. The summed E-state index contributed by atoms with van der Waals surface area (Å²) in [5, 5.41) is 10.7. The molecule has 602 valence electrons. The molecule has 0 saturated carbocycles. The standard InChI is InChI=1S/C83H158O17P2/c1-7-10-12-14-16-18-20-21-23-31-37-43-49-55-61-67-82(87)99-78(71-93-80(85)65-59-53-47-41-33-19-17-15-13-11-8-2)73-97-101(89,90)95-69-77(84)70-96-102(91,92)98-74-79(100-83(88)68-62-56-50-44-38-32-25-22-24-28-34-39-45-51-57-63-75(4)5)72-94-81(86)66-60-54-48-42-36-30-27-26-29-35-40-46-52-58-64-76(6)9-3/h18,20-21,23,75-79,84H,7-17,19,22,24-74H2,1-6H3,(H,89,90)(H,91,92)/b20-18-,23-21-/t76?,77-,78+,79+/m0/s1. The zero-order chi connectivity index (χ0) is 74.9. The summed E-state index contributed by atoms with van der Waals surface area (Å²) in [6.07, 6.45) is 67.2. The summed E-state index contributed by atoms with van der Waals surface area (Å²) in [5.74, 6) is -0.485. The summed E-state index contributed by atoms with van der Waals surface area (Å²) in [4.78, 5) is 73.1. The molecule has 102 heavy (non-hydrogen) atoms. The predicted octanol–water partition coefficient (Wildman–Crippen LogP) is 24.6. The van der Waals surface area contributed by atoms with E-state index in [2.05, 4.69) is 65.8 Å². The van der Waals surface area contributed by atoms with Crippen molar-refractivity contribution in [1.82, 2.24) is 0 Å². The van der Waals surface area contributed by atoms with Crippen LogP contribution in [0, 0.1) is 11.8 Å². The van der Waals surface area contributed by atoms with Crippen molar-refractivity contribution in [2.75, 3.05) is 39.6 Å². The van der Waals surface area contributed by atoms with E-state index < -0.39 is 97.5 Å². The summed E-state index contributed by atoms with van der Waals surface area (Å²) in [7, 11) is -9.94. The Hall–Kier alpha value is -2.46. The van der Waals surface area contributed by atoms with Gasteiger partial charge in [-0.2, -0.15) is 0 Å². The van der Waals surface area contributed by atoms with E-state index in [1.165, 1.54) is 218 Å². The second-order valence-electron chi connectivity index (χ2n) is 29.9. The number of carbonyl (C=O) groups excluding carboxylic acids is 4. The lowest BCUT2D eigenvalue weighted by Gasteiger charge is -2.21. The van der Waals surface area contributed by atoms with Crippen molar-refractivity contribution < 1.29 is 80.2 Å². The number of unbranched alkanes of at least 4 members (excludes halogenated alkanes) is 46. The van der Waals surface area contributed by atoms with Crippen molar-refractivity contribution in [3.8, 4) is 0 Å². The van der Waals surface area contributed by atoms with Crippen LogP contribution in [0.1, 0.15) is 414 Å². The van der Waals surface area contributed by atoms with Crippen molar-refractivity contribution in [3.05, 3.63) is 24.3 Å². The molecule has 0 aromatic heterocycles. The fraction of sp³-hybridized carbons (Fsp3) is 0.904. The number of hydrogen-bond donors (Lipinski definition) is 3. The number of hydrogen-bond acceptors (Lipinski definition) is 15. The lowest BCUT2D eigenvalue weighted by molar-refractivity contribution is -0.161. The fourth-order valence-corrected chi connectivity index (χ4v) is 13.9. The molecule has 6 atom stereocenters. The lowest BCUT2D eigenvalue weighted by Crippen LogP contribution is -2.30. The van der Waals surface area contributed by atoms with Gasteiger partial charge >= 0.3 is 39.5 Å². The summed E-state index contributed by atoms with van der Waals surface area (Å²) in [6.45, 7) is 9.66. The van der Waals surface area contributed by atoms with Crippen molar-refractivity contribution in [2.24, 2.45) is 11.8 Å². The first-order valence-corrected chi connectivity index (χ1v) is 45.3. The molecule has 0 aliphatic carbocycles. The zero-order valence-corrected chi connectivity index (χ0v) is 68.2. The molecule has 0 bridgehead atoms. The van der Waals surface area contributed by atoms with Gasteiger partial charge < -0.3 is 33.8 Å². The molecule has 0 aromatic rings. The summed E-state index contributed by atoms with van der Waals surface area (Å²) in [6, 6.07) is 0. The largest absolute Gasteiger partial charge is 0.472 e. The summed E-state index contributed by atoms with van der Waals surface area (Å²) < 4.78 is 68.7. The van der Waals surface area contributed by atoms with Crippen molar-refractivity contribution in [1.29, 1.82) is 0 Å². The predicted molar refractivity (Wildman–Crippen MR) is 418 cm³/mol. The molecule has 3 N–H and O–H groups in total. The van der Waals surface area contributed by atoms with Crippen LogP contribution in [0.2, 0.25) is 0 Å². The van der Waals surface area contributed by atoms with E-state index in [4.69, 9.17) is 37.0 Å². The van der Waals surface area contributed by atoms with Gasteiger partial charge in [-0.25, -0.2) is 9.13 Å². The topological polar surface area (TPSA) is 237 Å². The summed E-state index contributed by atoms with van der Waals surface area (Å²) >= 11 is 0. The first kappa shape index (κ1) is 99.5. The molecule has 0 fully saturated rings. The van der Waals surface area contributed by atoms with Crippen LogP contribution in [0.4, 0.5) is 0 Å². The highest BCUT2D eigenvalue weighted by molar-refractivity contribution is 7.47. The molecule has 0 heterocycles. The minimum atomic E-state index is -4.97. The van der Waals surface area contributed by atoms with E-state index in [1.54, 1.807) is 0 Å². The van der Waals surface area contributed by atoms with Crippen LogP contribution in [-0.2, 0) is 65.4 Å². The number of phosphoric ester groups is 2. The molecular weight excluding hydrogens is 1330 g/mol. The smallest absolute Gasteiger partial charge is 0.462 e. The maximum Gasteiger partial charge on any atom is 0.472 e. The van der Waals surface area contributed by atoms with Crippen LogP contribution in [0.25, 0.3) is 0 Å². The molecular formula is C83H158O17P2. The Balaban J connectivity index is 5.28. The second kappa shape index (κ2) is 74.0. The van der Waals surface area contributed by atoms with Gasteiger partial charge in [0.05, 0.1) is 26.4 Å². The molecule has 0 amide bonds. The number of ether oxygens (including phenoxy) is 4. The molecule has 0 rings (SSSR count). The number of phosphoric acid groups is 2. The Kier molecular flexibility index (Phi) is 72.2. The zero-order valence-electron chi connectivity index (χ0n) is 66.4. The second-order valence-corrected chi connectivity index (χ2v) is 32.8. The fourth-order valence-electron chi connectivity index (χ4n) is 12.3. The van der Waals surface area contributed by atoms with Gasteiger partial charge in [0, 0.05) is 25.7 Å². The van der Waals surface area contributed by atoms with Crippen molar-refractivity contribution >= 4 is 39.5 Å². The molecule has 0 spiro atoms. The number of aliphatic hydroxyl groups excluding tert-OH is 1. The third-order valence-electron chi connectivity index (χ3n) is 19.2. The number of esters is 4. The lowest BCUT2D eigenvalue weighted by atomic mass is 9.99. The number of aliphatic hydroxyl groups is 1. The number of carbonyl (C=O) groups is 4. The minimum absolute atomic E-state index is 0.0854. The first-order chi connectivity index (χ1) is 49.4. The molecule has 3 unspecified atom stereocenters. The van der Waals surface area contributed by atoms with Gasteiger partial charge in [0.1, 0.15) is 19.3 Å². The molecule has 0 aliphatic rings. The SMILES string of the molecule is CCCCCC/C=C\C=C/CCCCCCCC(=O)O[C@H](COC(=O)CCCCCCCCCCCCC)COP(=O)(O)OC[C@H](O)COP(=O)(O)OC[C@@H](COC(=O)CCCCCCCCCCCCCCCCC(C)CC)OC(=O)CCCCCCCCCCCCCCCCCC(C)C. The Morgan fingerprint density at radius 3 is 0.882 bits per heavy atom. The van der Waals surface area contributed by atoms with E-state index in [0.29, 0.717) is 25.7 Å². The summed E-state index contributed by atoms with van der Waals surface area (Å²) in [5.41, 5.74) is 0.